The van der Waals surface area contributed by atoms with Crippen LogP contribution in [-0.2, 0) is 33.7 Å². The Balaban J connectivity index is 1.34. The average Bonchev–Trinajstić information content (AvgIpc) is 3.40. The number of aromatic hydroxyl groups is 1. The largest absolute Gasteiger partial charge is 0.508 e. The highest BCUT2D eigenvalue weighted by atomic mass is 32.2. The summed E-state index contributed by atoms with van der Waals surface area (Å²) in [6.45, 7) is 7.42. The molecule has 1 saturated heterocycles. The van der Waals surface area contributed by atoms with Crippen molar-refractivity contribution in [1.82, 2.24) is 19.4 Å². The molecule has 2 heterocycles. The number of sulfonamides is 1. The Morgan fingerprint density at radius 3 is 2.71 bits per heavy atom. The van der Waals surface area contributed by atoms with E-state index < -0.39 is 10.0 Å². The number of carbonyl (C=O) groups excluding carboxylic acids is 1. The first-order valence-corrected chi connectivity index (χ1v) is 13.5. The van der Waals surface area contributed by atoms with Crippen molar-refractivity contribution < 1.29 is 18.3 Å². The number of aryl methyl sites for hydroxylation is 1. The van der Waals surface area contributed by atoms with Gasteiger partial charge in [0, 0.05) is 43.2 Å². The molecule has 5 rings (SSSR count). The normalized spacial score (nSPS) is 30.2. The number of carbonyl (C=O) groups is 1. The fourth-order valence-corrected chi connectivity index (χ4v) is 7.83. The number of hydrogen-bond acceptors (Lipinski definition) is 5. The molecular weight excluding hydrogens is 452 g/mol. The third kappa shape index (κ3) is 3.47. The number of nitrogens with one attached hydrogen (secondary N) is 1. The van der Waals surface area contributed by atoms with Crippen molar-refractivity contribution in [3.63, 3.8) is 0 Å². The fraction of sp³-hybridized carbons (Fsp3) is 0.600. The van der Waals surface area contributed by atoms with Gasteiger partial charge in [0.1, 0.15) is 10.6 Å². The molecule has 1 aromatic heterocycles. The number of amides is 1. The topological polar surface area (TPSA) is 105 Å². The second-order valence-corrected chi connectivity index (χ2v) is 12.8. The molecule has 1 amide bonds. The van der Waals surface area contributed by atoms with Crippen LogP contribution in [0.5, 0.6) is 5.75 Å². The molecule has 8 nitrogen and oxygen atoms in total. The van der Waals surface area contributed by atoms with Gasteiger partial charge >= 0.3 is 0 Å². The van der Waals surface area contributed by atoms with E-state index in [9.17, 15) is 18.3 Å². The zero-order valence-corrected chi connectivity index (χ0v) is 21.1. The molecule has 0 radical (unpaired) electrons. The van der Waals surface area contributed by atoms with Gasteiger partial charge < -0.3 is 10.0 Å². The monoisotopic (exact) mass is 486 g/mol. The summed E-state index contributed by atoms with van der Waals surface area (Å²) in [4.78, 5) is 15.9. The number of phenolic OH excluding ortho intramolecular Hbond substituents is 1. The highest BCUT2D eigenvalue weighted by Gasteiger charge is 2.57. The van der Waals surface area contributed by atoms with Gasteiger partial charge in [-0.05, 0) is 54.7 Å². The number of fused-ring (bicyclic) bond motifs is 4. The SMILES string of the molecule is Cn1cc(S(=O)(=O)NC2CC[C@@H](C(=O)N3CC[C@@]4(C)c5cccc(O)c5C[C@@H]3C4(C)C)C2)cn1. The molecule has 184 valence electrons. The molecule has 1 aromatic carbocycles. The van der Waals surface area contributed by atoms with Gasteiger partial charge in [0.15, 0.2) is 0 Å². The Morgan fingerprint density at radius 1 is 1.24 bits per heavy atom. The molecule has 0 spiro atoms. The van der Waals surface area contributed by atoms with Gasteiger partial charge in [-0.2, -0.15) is 5.10 Å². The van der Waals surface area contributed by atoms with E-state index in [0.717, 1.165) is 12.0 Å². The van der Waals surface area contributed by atoms with Gasteiger partial charge in [0.2, 0.25) is 15.9 Å². The molecule has 1 aliphatic heterocycles. The van der Waals surface area contributed by atoms with Crippen LogP contribution in [0.3, 0.4) is 0 Å². The lowest BCUT2D eigenvalue weighted by Gasteiger charge is -2.61. The van der Waals surface area contributed by atoms with Gasteiger partial charge in [-0.25, -0.2) is 13.1 Å². The number of hydrogen-bond donors (Lipinski definition) is 2. The van der Waals surface area contributed by atoms with Crippen molar-refractivity contribution in [1.29, 1.82) is 0 Å². The van der Waals surface area contributed by atoms with E-state index >= 15 is 0 Å². The minimum absolute atomic E-state index is 0.00863. The minimum atomic E-state index is -3.66. The lowest BCUT2D eigenvalue weighted by atomic mass is 9.51. The van der Waals surface area contributed by atoms with E-state index in [1.54, 1.807) is 13.1 Å². The molecule has 2 fully saturated rings. The molecule has 3 aliphatic rings. The van der Waals surface area contributed by atoms with Crippen LogP contribution >= 0.6 is 0 Å². The van der Waals surface area contributed by atoms with Crippen LogP contribution in [0.2, 0.25) is 0 Å². The van der Waals surface area contributed by atoms with E-state index in [0.29, 0.717) is 38.0 Å². The summed E-state index contributed by atoms with van der Waals surface area (Å²) in [5, 5.41) is 14.5. The summed E-state index contributed by atoms with van der Waals surface area (Å²) in [7, 11) is -1.98. The molecule has 2 bridgehead atoms. The minimum Gasteiger partial charge on any atom is -0.508 e. The lowest BCUT2D eigenvalue weighted by Crippen LogP contribution is -2.65. The van der Waals surface area contributed by atoms with Crippen molar-refractivity contribution in [2.24, 2.45) is 18.4 Å². The Morgan fingerprint density at radius 2 is 2.00 bits per heavy atom. The zero-order valence-electron chi connectivity index (χ0n) is 20.3. The molecule has 9 heteroatoms. The van der Waals surface area contributed by atoms with E-state index in [1.165, 1.54) is 22.6 Å². The predicted molar refractivity (Wildman–Crippen MR) is 128 cm³/mol. The molecule has 2 aliphatic carbocycles. The fourth-order valence-electron chi connectivity index (χ4n) is 6.56. The van der Waals surface area contributed by atoms with E-state index in [4.69, 9.17) is 0 Å². The molecule has 2 aromatic rings. The Hall–Kier alpha value is -2.39. The first-order chi connectivity index (χ1) is 15.9. The van der Waals surface area contributed by atoms with Crippen molar-refractivity contribution in [2.45, 2.75) is 75.3 Å². The van der Waals surface area contributed by atoms with Crippen molar-refractivity contribution in [3.8, 4) is 5.75 Å². The Bertz CT molecular complexity index is 1240. The maximum Gasteiger partial charge on any atom is 0.243 e. The average molecular weight is 487 g/mol. The standard InChI is InChI=1S/C25H34N4O4S/c1-24(2)22-13-19-20(6-5-7-21(19)30)25(24,3)10-11-29(22)23(31)16-8-9-17(12-16)27-34(32,33)18-14-26-28(4)15-18/h5-7,14-17,22,27,30H,8-13H2,1-4H3/t16-,17?,22-,25+/m1/s1. The first kappa shape index (κ1) is 23.4. The van der Waals surface area contributed by atoms with Crippen LogP contribution in [0.25, 0.3) is 0 Å². The van der Waals surface area contributed by atoms with Crippen LogP contribution in [0.4, 0.5) is 0 Å². The van der Waals surface area contributed by atoms with E-state index in [-0.39, 0.29) is 39.6 Å². The summed E-state index contributed by atoms with van der Waals surface area (Å²) < 4.78 is 29.6. The number of likely N-dealkylation sites (tertiary alicyclic amines) is 1. The molecule has 1 unspecified atom stereocenters. The maximum absolute atomic E-state index is 13.7. The van der Waals surface area contributed by atoms with Crippen LogP contribution in [-0.4, -0.2) is 52.7 Å². The molecular formula is C25H34N4O4S. The van der Waals surface area contributed by atoms with Gasteiger partial charge in [-0.3, -0.25) is 9.48 Å². The summed E-state index contributed by atoms with van der Waals surface area (Å²) in [6.07, 6.45) is 6.09. The number of rotatable bonds is 4. The van der Waals surface area contributed by atoms with Crippen LogP contribution in [0.1, 0.15) is 57.6 Å². The quantitative estimate of drug-likeness (QED) is 0.692. The van der Waals surface area contributed by atoms with E-state index in [1.807, 2.05) is 11.0 Å². The van der Waals surface area contributed by atoms with Crippen LogP contribution in [0, 0.1) is 11.3 Å². The zero-order chi connectivity index (χ0) is 24.5. The predicted octanol–water partition coefficient (Wildman–Crippen LogP) is 2.71. The molecule has 4 atom stereocenters. The van der Waals surface area contributed by atoms with Crippen LogP contribution < -0.4 is 4.72 Å². The molecule has 1 saturated carbocycles. The Labute approximate surface area is 201 Å². The summed E-state index contributed by atoms with van der Waals surface area (Å²) in [5.74, 6) is 0.221. The third-order valence-corrected chi connectivity index (χ3v) is 10.5. The summed E-state index contributed by atoms with van der Waals surface area (Å²) in [5.41, 5.74) is 1.88. The van der Waals surface area contributed by atoms with Crippen molar-refractivity contribution in [3.05, 3.63) is 41.7 Å². The van der Waals surface area contributed by atoms with E-state index in [2.05, 4.69) is 36.7 Å². The highest BCUT2D eigenvalue weighted by molar-refractivity contribution is 7.89. The third-order valence-electron chi connectivity index (χ3n) is 9.01. The molecule has 2 N–H and O–H groups in total. The lowest BCUT2D eigenvalue weighted by molar-refractivity contribution is -0.148. The number of nitrogens with zero attached hydrogens (tertiary/aromatic N) is 3. The number of benzene rings is 1. The van der Waals surface area contributed by atoms with Crippen LogP contribution in [0.15, 0.2) is 35.5 Å². The first-order valence-electron chi connectivity index (χ1n) is 12.1. The number of phenols is 1. The van der Waals surface area contributed by atoms with Crippen molar-refractivity contribution >= 4 is 15.9 Å². The molecule has 34 heavy (non-hydrogen) atoms. The number of piperidine rings is 1. The van der Waals surface area contributed by atoms with Gasteiger partial charge in [-0.1, -0.05) is 32.9 Å². The summed E-state index contributed by atoms with van der Waals surface area (Å²) in [6, 6.07) is 5.50. The Kier molecular flexibility index (Phi) is 5.37. The summed E-state index contributed by atoms with van der Waals surface area (Å²) >= 11 is 0. The number of aromatic nitrogens is 2. The van der Waals surface area contributed by atoms with Gasteiger partial charge in [0.25, 0.3) is 0 Å². The maximum atomic E-state index is 13.7. The van der Waals surface area contributed by atoms with Gasteiger partial charge in [-0.15, -0.1) is 0 Å². The van der Waals surface area contributed by atoms with Crippen molar-refractivity contribution in [2.75, 3.05) is 6.54 Å². The second kappa shape index (κ2) is 7.81. The van der Waals surface area contributed by atoms with Gasteiger partial charge in [0.05, 0.1) is 6.20 Å². The second-order valence-electron chi connectivity index (χ2n) is 11.0. The highest BCUT2D eigenvalue weighted by Crippen LogP contribution is 2.57. The smallest absolute Gasteiger partial charge is 0.243 e.